The second-order valence-electron chi connectivity index (χ2n) is 9.35. The van der Waals surface area contributed by atoms with Gasteiger partial charge in [-0.2, -0.15) is 0 Å². The van der Waals surface area contributed by atoms with Gasteiger partial charge in [-0.1, -0.05) is 60.7 Å². The van der Waals surface area contributed by atoms with Crippen molar-refractivity contribution >= 4 is 28.9 Å². The second-order valence-corrected chi connectivity index (χ2v) is 9.35. The smallest absolute Gasteiger partial charge is 0.314 e. The molecule has 4 atom stereocenters. The van der Waals surface area contributed by atoms with Gasteiger partial charge in [0.15, 0.2) is 5.78 Å². The zero-order chi connectivity index (χ0) is 22.9. The molecule has 32 heavy (non-hydrogen) atoms. The van der Waals surface area contributed by atoms with E-state index in [2.05, 4.69) is 0 Å². The van der Waals surface area contributed by atoms with Crippen LogP contribution in [0.2, 0.25) is 0 Å². The van der Waals surface area contributed by atoms with E-state index in [4.69, 9.17) is 9.47 Å². The second kappa shape index (κ2) is 6.41. The Hall–Kier alpha value is -3.21. The van der Waals surface area contributed by atoms with Gasteiger partial charge in [0.05, 0.1) is 25.0 Å². The molecule has 0 saturated heterocycles. The third kappa shape index (κ3) is 1.83. The first-order valence-electron chi connectivity index (χ1n) is 10.9. The molecule has 0 radical (unpaired) electrons. The van der Waals surface area contributed by atoms with Crippen LogP contribution in [0.15, 0.2) is 60.7 Å². The fourth-order valence-electron chi connectivity index (χ4n) is 7.40. The average molecular weight is 431 g/mol. The molecule has 2 aromatic rings. The van der Waals surface area contributed by atoms with E-state index in [1.54, 1.807) is 0 Å². The van der Waals surface area contributed by atoms with E-state index in [0.29, 0.717) is 12.8 Å². The van der Waals surface area contributed by atoms with Crippen LogP contribution in [-0.2, 0) is 23.9 Å². The molecule has 0 aromatic heterocycles. The van der Waals surface area contributed by atoms with Crippen molar-refractivity contribution in [2.45, 2.75) is 26.7 Å². The number of hydrogen-bond donors (Lipinski definition) is 0. The Balaban J connectivity index is 1.97. The summed E-state index contributed by atoms with van der Waals surface area (Å²) in [7, 11) is 2.65. The number of allylic oxidation sites excluding steroid dienone is 2. The molecule has 0 N–H and O–H groups in total. The number of fused-ring (bicyclic) bond motifs is 5. The molecule has 5 rings (SSSR count). The van der Waals surface area contributed by atoms with Crippen LogP contribution in [0.5, 0.6) is 0 Å². The number of methoxy groups -OCH3 is 2. The van der Waals surface area contributed by atoms with Crippen molar-refractivity contribution in [1.82, 2.24) is 0 Å². The van der Waals surface area contributed by atoms with Gasteiger partial charge in [-0.25, -0.2) is 0 Å². The molecular formula is C27H26O5. The van der Waals surface area contributed by atoms with Crippen LogP contribution in [0, 0.1) is 21.7 Å². The Morgan fingerprint density at radius 3 is 1.31 bits per heavy atom. The quantitative estimate of drug-likeness (QED) is 0.676. The van der Waals surface area contributed by atoms with E-state index in [1.807, 2.05) is 74.5 Å². The molecule has 0 unspecified atom stereocenters. The van der Waals surface area contributed by atoms with Gasteiger partial charge in [-0.15, -0.1) is 0 Å². The van der Waals surface area contributed by atoms with Crippen LogP contribution in [0.4, 0.5) is 0 Å². The average Bonchev–Trinajstić information content (AvgIpc) is 3.03. The van der Waals surface area contributed by atoms with Gasteiger partial charge in [-0.05, 0) is 49.0 Å². The van der Waals surface area contributed by atoms with Gasteiger partial charge in [0.25, 0.3) is 0 Å². The molecule has 2 fully saturated rings. The van der Waals surface area contributed by atoms with Crippen molar-refractivity contribution in [1.29, 1.82) is 0 Å². The number of Topliss-reactive ketones (excluding diaryl/α,β-unsaturated/α-hetero) is 1. The summed E-state index contributed by atoms with van der Waals surface area (Å²) in [6, 6.07) is 19.4. The lowest BCUT2D eigenvalue weighted by Gasteiger charge is -2.62. The standard InChI is InChI=1S/C27H26O5/c1-24-19(17-11-7-5-8-12-17)20(18-13-9-6-10-14-18)25(2,21(24)28)27(23(30)32-4)16-15-26(24,27)22(29)31-3/h5-14H,15-16H2,1-4H3/t24-,25+,26-,27+. The van der Waals surface area contributed by atoms with Crippen molar-refractivity contribution in [3.63, 3.8) is 0 Å². The number of carbonyl (C=O) groups is 3. The predicted octanol–water partition coefficient (Wildman–Crippen LogP) is 4.32. The fourth-order valence-corrected chi connectivity index (χ4v) is 7.40. The summed E-state index contributed by atoms with van der Waals surface area (Å²) in [5.74, 6) is -1.15. The van der Waals surface area contributed by atoms with E-state index in [0.717, 1.165) is 22.3 Å². The van der Waals surface area contributed by atoms with E-state index in [1.165, 1.54) is 14.2 Å². The first kappa shape index (κ1) is 20.7. The zero-order valence-corrected chi connectivity index (χ0v) is 18.7. The maximum absolute atomic E-state index is 14.4. The Bertz CT molecular complexity index is 1090. The number of benzene rings is 2. The number of rotatable bonds is 4. The number of carbonyl (C=O) groups excluding carboxylic acids is 3. The number of ether oxygens (including phenoxy) is 2. The van der Waals surface area contributed by atoms with Crippen molar-refractivity contribution in [2.24, 2.45) is 21.7 Å². The molecule has 0 spiro atoms. The van der Waals surface area contributed by atoms with Gasteiger partial charge in [-0.3, -0.25) is 14.4 Å². The summed E-state index contributed by atoms with van der Waals surface area (Å²) in [6.07, 6.45) is 0.788. The van der Waals surface area contributed by atoms with Crippen molar-refractivity contribution in [3.05, 3.63) is 71.8 Å². The molecule has 0 amide bonds. The molecule has 5 heteroatoms. The molecule has 3 aliphatic carbocycles. The van der Waals surface area contributed by atoms with E-state index in [9.17, 15) is 14.4 Å². The Morgan fingerprint density at radius 1 is 0.688 bits per heavy atom. The fraction of sp³-hybridized carbons (Fsp3) is 0.370. The summed E-state index contributed by atoms with van der Waals surface area (Å²) in [5.41, 5.74) is -1.71. The monoisotopic (exact) mass is 430 g/mol. The minimum atomic E-state index is -1.31. The number of ketones is 1. The SMILES string of the molecule is COC(=O)[C@]12CC[C@@]1(C(=O)OC)[C@@]1(C)C(=O)[C@]2(C)C(c2ccccc2)=C1c1ccccc1. The highest BCUT2D eigenvalue weighted by Crippen LogP contribution is 2.87. The zero-order valence-electron chi connectivity index (χ0n) is 18.7. The molecule has 3 aliphatic rings. The van der Waals surface area contributed by atoms with Crippen LogP contribution in [0.1, 0.15) is 37.8 Å². The molecular weight excluding hydrogens is 404 g/mol. The lowest BCUT2D eigenvalue weighted by molar-refractivity contribution is -0.210. The van der Waals surface area contributed by atoms with E-state index >= 15 is 0 Å². The van der Waals surface area contributed by atoms with Gasteiger partial charge in [0, 0.05) is 0 Å². The lowest BCUT2D eigenvalue weighted by atomic mass is 9.36. The Morgan fingerprint density at radius 2 is 1.03 bits per heavy atom. The van der Waals surface area contributed by atoms with Crippen LogP contribution in [0.25, 0.3) is 11.1 Å². The first-order chi connectivity index (χ1) is 15.3. The number of esters is 2. The molecule has 2 bridgehead atoms. The Kier molecular flexibility index (Phi) is 4.14. The summed E-state index contributed by atoms with van der Waals surface area (Å²) in [4.78, 5) is 41.5. The highest BCUT2D eigenvalue weighted by Gasteiger charge is 2.93. The lowest BCUT2D eigenvalue weighted by Crippen LogP contribution is -2.68. The van der Waals surface area contributed by atoms with E-state index in [-0.39, 0.29) is 5.78 Å². The van der Waals surface area contributed by atoms with Crippen LogP contribution >= 0.6 is 0 Å². The summed E-state index contributed by atoms with van der Waals surface area (Å²) in [6.45, 7) is 3.65. The molecule has 0 heterocycles. The third-order valence-electron chi connectivity index (χ3n) is 8.66. The minimum Gasteiger partial charge on any atom is -0.469 e. The molecule has 0 aliphatic heterocycles. The molecule has 2 aromatic carbocycles. The molecule has 5 nitrogen and oxygen atoms in total. The van der Waals surface area contributed by atoms with Crippen LogP contribution < -0.4 is 0 Å². The first-order valence-corrected chi connectivity index (χ1v) is 10.9. The van der Waals surface area contributed by atoms with Gasteiger partial charge >= 0.3 is 11.9 Å². The summed E-state index contributed by atoms with van der Waals surface area (Å²) in [5, 5.41) is 0. The normalized spacial score (nSPS) is 34.7. The Labute approximate surface area is 187 Å². The van der Waals surface area contributed by atoms with Gasteiger partial charge in [0.2, 0.25) is 0 Å². The summed E-state index contributed by atoms with van der Waals surface area (Å²) < 4.78 is 10.6. The maximum atomic E-state index is 14.4. The summed E-state index contributed by atoms with van der Waals surface area (Å²) >= 11 is 0. The third-order valence-corrected chi connectivity index (χ3v) is 8.66. The van der Waals surface area contributed by atoms with Gasteiger partial charge < -0.3 is 9.47 Å². The van der Waals surface area contributed by atoms with Crippen molar-refractivity contribution in [2.75, 3.05) is 14.2 Å². The predicted molar refractivity (Wildman–Crippen MR) is 119 cm³/mol. The van der Waals surface area contributed by atoms with Gasteiger partial charge in [0.1, 0.15) is 10.8 Å². The molecule has 164 valence electrons. The highest BCUT2D eigenvalue weighted by molar-refractivity contribution is 6.29. The number of hydrogen-bond acceptors (Lipinski definition) is 5. The van der Waals surface area contributed by atoms with Crippen molar-refractivity contribution in [3.8, 4) is 0 Å². The van der Waals surface area contributed by atoms with E-state index < -0.39 is 33.6 Å². The topological polar surface area (TPSA) is 69.7 Å². The highest BCUT2D eigenvalue weighted by atomic mass is 16.5. The largest absolute Gasteiger partial charge is 0.469 e. The van der Waals surface area contributed by atoms with Crippen molar-refractivity contribution < 1.29 is 23.9 Å². The maximum Gasteiger partial charge on any atom is 0.314 e. The van der Waals surface area contributed by atoms with Crippen LogP contribution in [0.3, 0.4) is 0 Å². The minimum absolute atomic E-state index is 0.115. The molecule has 2 saturated carbocycles. The van der Waals surface area contributed by atoms with Crippen LogP contribution in [-0.4, -0.2) is 31.9 Å².